The van der Waals surface area contributed by atoms with Gasteiger partial charge in [0.15, 0.2) is 0 Å². The van der Waals surface area contributed by atoms with Crippen LogP contribution < -0.4 is 11.1 Å². The van der Waals surface area contributed by atoms with Gasteiger partial charge in [-0.1, -0.05) is 13.8 Å². The maximum atomic E-state index is 11.9. The molecule has 7 heteroatoms. The second kappa shape index (κ2) is 7.96. The summed E-state index contributed by atoms with van der Waals surface area (Å²) in [5.41, 5.74) is 6.14. The zero-order valence-electron chi connectivity index (χ0n) is 12.0. The minimum absolute atomic E-state index is 0.141. The molecule has 0 spiro atoms. The normalized spacial score (nSPS) is 12.2. The molecule has 0 fully saturated rings. The SMILES string of the molecule is COC(=O)C(CC(C)C)NC(=O)Cc1csc(CN)n1. The van der Waals surface area contributed by atoms with E-state index >= 15 is 0 Å². The van der Waals surface area contributed by atoms with Crippen LogP contribution >= 0.6 is 11.3 Å². The molecule has 3 N–H and O–H groups in total. The molecule has 20 heavy (non-hydrogen) atoms. The van der Waals surface area contributed by atoms with Gasteiger partial charge in [0.2, 0.25) is 5.91 Å². The van der Waals surface area contributed by atoms with Crippen LogP contribution in [0.25, 0.3) is 0 Å². The number of nitrogens with zero attached hydrogens (tertiary/aromatic N) is 1. The Balaban J connectivity index is 2.58. The number of hydrogen-bond donors (Lipinski definition) is 2. The fraction of sp³-hybridized carbons (Fsp3) is 0.615. The number of nitrogens with one attached hydrogen (secondary N) is 1. The molecule has 1 rings (SSSR count). The fourth-order valence-electron chi connectivity index (χ4n) is 1.76. The van der Waals surface area contributed by atoms with E-state index in [1.165, 1.54) is 18.4 Å². The molecule has 0 saturated heterocycles. The Morgan fingerprint density at radius 1 is 1.50 bits per heavy atom. The second-order valence-corrected chi connectivity index (χ2v) is 5.83. The van der Waals surface area contributed by atoms with E-state index in [4.69, 9.17) is 10.5 Å². The molecule has 0 saturated carbocycles. The predicted molar refractivity (Wildman–Crippen MR) is 77.1 cm³/mol. The quantitative estimate of drug-likeness (QED) is 0.728. The Kier molecular flexibility index (Phi) is 6.60. The van der Waals surface area contributed by atoms with Crippen LogP contribution in [0.4, 0.5) is 0 Å². The number of nitrogens with two attached hydrogens (primary N) is 1. The number of aromatic nitrogens is 1. The number of methoxy groups -OCH3 is 1. The van der Waals surface area contributed by atoms with E-state index < -0.39 is 12.0 Å². The number of ether oxygens (including phenoxy) is 1. The zero-order valence-corrected chi connectivity index (χ0v) is 12.8. The molecule has 1 heterocycles. The third kappa shape index (κ3) is 5.26. The zero-order chi connectivity index (χ0) is 15.1. The van der Waals surface area contributed by atoms with Crippen molar-refractivity contribution in [2.45, 2.75) is 39.3 Å². The highest BCUT2D eigenvalue weighted by Gasteiger charge is 2.22. The number of hydrogen-bond acceptors (Lipinski definition) is 6. The summed E-state index contributed by atoms with van der Waals surface area (Å²) in [5, 5.41) is 5.29. The molecular formula is C13H21N3O3S. The summed E-state index contributed by atoms with van der Waals surface area (Å²) < 4.78 is 4.70. The van der Waals surface area contributed by atoms with Gasteiger partial charge >= 0.3 is 5.97 Å². The van der Waals surface area contributed by atoms with Crippen molar-refractivity contribution < 1.29 is 14.3 Å². The van der Waals surface area contributed by atoms with Crippen LogP contribution in [0.15, 0.2) is 5.38 Å². The lowest BCUT2D eigenvalue weighted by Gasteiger charge is -2.18. The molecule has 0 radical (unpaired) electrons. The predicted octanol–water partition coefficient (Wildman–Crippen LogP) is 0.848. The van der Waals surface area contributed by atoms with Gasteiger partial charge in [0.25, 0.3) is 0 Å². The van der Waals surface area contributed by atoms with Gasteiger partial charge in [-0.05, 0) is 12.3 Å². The monoisotopic (exact) mass is 299 g/mol. The van der Waals surface area contributed by atoms with Gasteiger partial charge in [-0.3, -0.25) is 4.79 Å². The van der Waals surface area contributed by atoms with Crippen LogP contribution in [0.5, 0.6) is 0 Å². The number of thiazole rings is 1. The Bertz CT molecular complexity index is 459. The average Bonchev–Trinajstić information content (AvgIpc) is 2.84. The summed E-state index contributed by atoms with van der Waals surface area (Å²) in [4.78, 5) is 27.8. The Morgan fingerprint density at radius 3 is 2.70 bits per heavy atom. The van der Waals surface area contributed by atoms with Crippen LogP contribution in [0.3, 0.4) is 0 Å². The lowest BCUT2D eigenvalue weighted by molar-refractivity contribution is -0.145. The van der Waals surface area contributed by atoms with E-state index in [-0.39, 0.29) is 18.2 Å². The highest BCUT2D eigenvalue weighted by atomic mass is 32.1. The number of carbonyl (C=O) groups excluding carboxylic acids is 2. The first-order valence-electron chi connectivity index (χ1n) is 6.46. The maximum Gasteiger partial charge on any atom is 0.328 e. The Morgan fingerprint density at radius 2 is 2.20 bits per heavy atom. The summed E-state index contributed by atoms with van der Waals surface area (Å²) in [7, 11) is 1.32. The van der Waals surface area contributed by atoms with Crippen molar-refractivity contribution in [3.05, 3.63) is 16.1 Å². The molecule has 1 aromatic rings. The van der Waals surface area contributed by atoms with Gasteiger partial charge in [0.05, 0.1) is 19.2 Å². The molecule has 1 aromatic heterocycles. The molecule has 0 aliphatic heterocycles. The van der Waals surface area contributed by atoms with Crippen LogP contribution in [0.2, 0.25) is 0 Å². The summed E-state index contributed by atoms with van der Waals surface area (Å²) >= 11 is 1.42. The standard InChI is InChI=1S/C13H21N3O3S/c1-8(2)4-10(13(18)19-3)16-11(17)5-9-7-20-12(6-14)15-9/h7-8,10H,4-6,14H2,1-3H3,(H,16,17). The largest absolute Gasteiger partial charge is 0.467 e. The van der Waals surface area contributed by atoms with Gasteiger partial charge in [0.1, 0.15) is 11.0 Å². The molecule has 0 aliphatic rings. The van der Waals surface area contributed by atoms with E-state index in [9.17, 15) is 9.59 Å². The van der Waals surface area contributed by atoms with Crippen molar-refractivity contribution in [2.24, 2.45) is 11.7 Å². The molecule has 112 valence electrons. The fourth-order valence-corrected chi connectivity index (χ4v) is 2.44. The van der Waals surface area contributed by atoms with Crippen LogP contribution in [0, 0.1) is 5.92 Å². The highest BCUT2D eigenvalue weighted by molar-refractivity contribution is 7.09. The van der Waals surface area contributed by atoms with Gasteiger partial charge in [-0.2, -0.15) is 0 Å². The molecule has 1 amide bonds. The van der Waals surface area contributed by atoms with Crippen molar-refractivity contribution in [3.8, 4) is 0 Å². The first-order valence-corrected chi connectivity index (χ1v) is 7.34. The first kappa shape index (κ1) is 16.6. The van der Waals surface area contributed by atoms with Gasteiger partial charge in [0, 0.05) is 11.9 Å². The minimum atomic E-state index is -0.611. The number of rotatable bonds is 7. The second-order valence-electron chi connectivity index (χ2n) is 4.89. The molecule has 0 bridgehead atoms. The van der Waals surface area contributed by atoms with Crippen LogP contribution in [-0.4, -0.2) is 30.0 Å². The minimum Gasteiger partial charge on any atom is -0.467 e. The smallest absolute Gasteiger partial charge is 0.328 e. The van der Waals surface area contributed by atoms with Crippen LogP contribution in [-0.2, 0) is 27.3 Å². The van der Waals surface area contributed by atoms with E-state index in [1.54, 1.807) is 5.38 Å². The summed E-state index contributed by atoms with van der Waals surface area (Å²) in [6, 6.07) is -0.611. The van der Waals surface area contributed by atoms with Gasteiger partial charge < -0.3 is 15.8 Å². The summed E-state index contributed by atoms with van der Waals surface area (Å²) in [6.45, 7) is 4.33. The van der Waals surface area contributed by atoms with Gasteiger partial charge in [-0.25, -0.2) is 9.78 Å². The van der Waals surface area contributed by atoms with E-state index in [0.717, 1.165) is 5.01 Å². The van der Waals surface area contributed by atoms with Crippen molar-refractivity contribution in [3.63, 3.8) is 0 Å². The van der Waals surface area contributed by atoms with Crippen molar-refractivity contribution >= 4 is 23.2 Å². The van der Waals surface area contributed by atoms with E-state index in [1.807, 2.05) is 13.8 Å². The number of carbonyl (C=O) groups is 2. The maximum absolute atomic E-state index is 11.9. The summed E-state index contributed by atoms with van der Waals surface area (Å²) in [6.07, 6.45) is 0.686. The van der Waals surface area contributed by atoms with Crippen LogP contribution in [0.1, 0.15) is 31.0 Å². The molecule has 1 unspecified atom stereocenters. The molecule has 6 nitrogen and oxygen atoms in total. The first-order chi connectivity index (χ1) is 9.46. The number of amides is 1. The van der Waals surface area contributed by atoms with Crippen molar-refractivity contribution in [2.75, 3.05) is 7.11 Å². The Hall–Kier alpha value is -1.47. The number of esters is 1. The van der Waals surface area contributed by atoms with Gasteiger partial charge in [-0.15, -0.1) is 11.3 Å². The van der Waals surface area contributed by atoms with Crippen molar-refractivity contribution in [1.82, 2.24) is 10.3 Å². The lowest BCUT2D eigenvalue weighted by atomic mass is 10.0. The van der Waals surface area contributed by atoms with E-state index in [2.05, 4.69) is 10.3 Å². The third-order valence-electron chi connectivity index (χ3n) is 2.64. The molecule has 0 aromatic carbocycles. The average molecular weight is 299 g/mol. The highest BCUT2D eigenvalue weighted by Crippen LogP contribution is 2.10. The third-order valence-corrected chi connectivity index (χ3v) is 3.56. The molecular weight excluding hydrogens is 278 g/mol. The molecule has 1 atom stereocenters. The topological polar surface area (TPSA) is 94.3 Å². The Labute approximate surface area is 122 Å². The van der Waals surface area contributed by atoms with Crippen molar-refractivity contribution in [1.29, 1.82) is 0 Å². The summed E-state index contributed by atoms with van der Waals surface area (Å²) in [5.74, 6) is -0.384. The lowest BCUT2D eigenvalue weighted by Crippen LogP contribution is -2.43. The molecule has 0 aliphatic carbocycles. The van der Waals surface area contributed by atoms with E-state index in [0.29, 0.717) is 18.7 Å².